The molecule has 2 rings (SSSR count). The van der Waals surface area contributed by atoms with Crippen LogP contribution in [0.4, 0.5) is 5.82 Å². The van der Waals surface area contributed by atoms with Crippen LogP contribution < -0.4 is 4.90 Å². The Bertz CT molecular complexity index is 287. The summed E-state index contributed by atoms with van der Waals surface area (Å²) in [6.45, 7) is 3.47. The number of morpholine rings is 1. The van der Waals surface area contributed by atoms with Gasteiger partial charge in [0.05, 0.1) is 13.2 Å². The smallest absolute Gasteiger partial charge is 0.129 e. The summed E-state index contributed by atoms with van der Waals surface area (Å²) in [4.78, 5) is 6.53. The second-order valence-corrected chi connectivity index (χ2v) is 3.85. The van der Waals surface area contributed by atoms with Crippen molar-refractivity contribution in [3.63, 3.8) is 0 Å². The second-order valence-electron chi connectivity index (χ2n) is 2.93. The lowest BCUT2D eigenvalue weighted by Gasteiger charge is -2.27. The van der Waals surface area contributed by atoms with Crippen molar-refractivity contribution in [3.8, 4) is 0 Å². The SMILES string of the molecule is Brc1ccnc(N2CCOCC2)c1. The summed E-state index contributed by atoms with van der Waals surface area (Å²) in [6, 6.07) is 3.97. The van der Waals surface area contributed by atoms with Gasteiger partial charge in [-0.15, -0.1) is 0 Å². The third-order valence-electron chi connectivity index (χ3n) is 2.04. The van der Waals surface area contributed by atoms with Gasteiger partial charge in [-0.05, 0) is 12.1 Å². The number of halogens is 1. The number of rotatable bonds is 1. The zero-order valence-corrected chi connectivity index (χ0v) is 8.83. The molecule has 0 spiro atoms. The van der Waals surface area contributed by atoms with Gasteiger partial charge in [0, 0.05) is 23.8 Å². The molecule has 0 bridgehead atoms. The third-order valence-corrected chi connectivity index (χ3v) is 2.54. The number of ether oxygens (including phenoxy) is 1. The van der Waals surface area contributed by atoms with Crippen LogP contribution in [0, 0.1) is 0 Å². The lowest BCUT2D eigenvalue weighted by Crippen LogP contribution is -2.36. The van der Waals surface area contributed by atoms with Gasteiger partial charge in [0.25, 0.3) is 0 Å². The summed E-state index contributed by atoms with van der Waals surface area (Å²) >= 11 is 3.43. The second kappa shape index (κ2) is 4.07. The molecule has 0 saturated carbocycles. The standard InChI is InChI=1S/C9H11BrN2O/c10-8-1-2-11-9(7-8)12-3-5-13-6-4-12/h1-2,7H,3-6H2. The van der Waals surface area contributed by atoms with Crippen LogP contribution in [-0.2, 0) is 4.74 Å². The van der Waals surface area contributed by atoms with Crippen molar-refractivity contribution in [1.82, 2.24) is 4.98 Å². The fourth-order valence-electron chi connectivity index (χ4n) is 1.36. The normalized spacial score (nSPS) is 17.5. The third kappa shape index (κ3) is 2.19. The van der Waals surface area contributed by atoms with Crippen LogP contribution in [-0.4, -0.2) is 31.3 Å². The molecule has 1 fully saturated rings. The average molecular weight is 243 g/mol. The van der Waals surface area contributed by atoms with Gasteiger partial charge >= 0.3 is 0 Å². The van der Waals surface area contributed by atoms with Gasteiger partial charge in [0.15, 0.2) is 0 Å². The van der Waals surface area contributed by atoms with Gasteiger partial charge in [0.2, 0.25) is 0 Å². The quantitative estimate of drug-likeness (QED) is 0.750. The molecular weight excluding hydrogens is 232 g/mol. The van der Waals surface area contributed by atoms with Crippen LogP contribution in [0.2, 0.25) is 0 Å². The maximum Gasteiger partial charge on any atom is 0.129 e. The first-order chi connectivity index (χ1) is 6.36. The number of hydrogen-bond acceptors (Lipinski definition) is 3. The van der Waals surface area contributed by atoms with Gasteiger partial charge in [0.1, 0.15) is 5.82 Å². The van der Waals surface area contributed by atoms with Crippen molar-refractivity contribution < 1.29 is 4.74 Å². The van der Waals surface area contributed by atoms with Crippen molar-refractivity contribution in [3.05, 3.63) is 22.8 Å². The van der Waals surface area contributed by atoms with E-state index in [2.05, 4.69) is 25.8 Å². The highest BCUT2D eigenvalue weighted by molar-refractivity contribution is 9.10. The summed E-state index contributed by atoms with van der Waals surface area (Å²) in [6.07, 6.45) is 1.81. The van der Waals surface area contributed by atoms with E-state index in [4.69, 9.17) is 4.74 Å². The number of hydrogen-bond donors (Lipinski definition) is 0. The van der Waals surface area contributed by atoms with Gasteiger partial charge in [-0.1, -0.05) is 15.9 Å². The fraction of sp³-hybridized carbons (Fsp3) is 0.444. The van der Waals surface area contributed by atoms with E-state index in [0.29, 0.717) is 0 Å². The van der Waals surface area contributed by atoms with Gasteiger partial charge in [-0.25, -0.2) is 4.98 Å². The Morgan fingerprint density at radius 1 is 1.38 bits per heavy atom. The van der Waals surface area contributed by atoms with Crippen LogP contribution >= 0.6 is 15.9 Å². The van der Waals surface area contributed by atoms with Crippen molar-refractivity contribution in [2.45, 2.75) is 0 Å². The number of pyridine rings is 1. The van der Waals surface area contributed by atoms with E-state index >= 15 is 0 Å². The molecule has 70 valence electrons. The van der Waals surface area contributed by atoms with Crippen LogP contribution in [0.3, 0.4) is 0 Å². The predicted molar refractivity (Wildman–Crippen MR) is 55.0 cm³/mol. The highest BCUT2D eigenvalue weighted by Gasteiger charge is 2.11. The first-order valence-electron chi connectivity index (χ1n) is 4.30. The molecule has 0 amide bonds. The molecule has 1 aromatic heterocycles. The first-order valence-corrected chi connectivity index (χ1v) is 5.10. The molecule has 1 aliphatic heterocycles. The summed E-state index contributed by atoms with van der Waals surface area (Å²) < 4.78 is 6.34. The molecule has 0 aromatic carbocycles. The molecule has 0 aliphatic carbocycles. The summed E-state index contributed by atoms with van der Waals surface area (Å²) in [5.74, 6) is 1.03. The van der Waals surface area contributed by atoms with Crippen molar-refractivity contribution in [2.24, 2.45) is 0 Å². The lowest BCUT2D eigenvalue weighted by molar-refractivity contribution is 0.122. The van der Waals surface area contributed by atoms with E-state index in [0.717, 1.165) is 36.6 Å². The highest BCUT2D eigenvalue weighted by Crippen LogP contribution is 2.17. The molecule has 3 nitrogen and oxygen atoms in total. The topological polar surface area (TPSA) is 25.4 Å². The maximum atomic E-state index is 5.27. The molecule has 1 aromatic rings. The summed E-state index contributed by atoms with van der Waals surface area (Å²) in [7, 11) is 0. The monoisotopic (exact) mass is 242 g/mol. The van der Waals surface area contributed by atoms with Gasteiger partial charge in [-0.2, -0.15) is 0 Å². The molecular formula is C9H11BrN2O. The number of nitrogens with zero attached hydrogens (tertiary/aromatic N) is 2. The van der Waals surface area contributed by atoms with Crippen molar-refractivity contribution >= 4 is 21.7 Å². The molecule has 1 aliphatic rings. The minimum atomic E-state index is 0.800. The van der Waals surface area contributed by atoms with Gasteiger partial charge in [-0.3, -0.25) is 0 Å². The summed E-state index contributed by atoms with van der Waals surface area (Å²) in [5.41, 5.74) is 0. The van der Waals surface area contributed by atoms with E-state index < -0.39 is 0 Å². The Morgan fingerprint density at radius 3 is 2.85 bits per heavy atom. The highest BCUT2D eigenvalue weighted by atomic mass is 79.9. The van der Waals surface area contributed by atoms with E-state index in [-0.39, 0.29) is 0 Å². The Morgan fingerprint density at radius 2 is 2.15 bits per heavy atom. The Labute approximate surface area is 85.8 Å². The predicted octanol–water partition coefficient (Wildman–Crippen LogP) is 1.68. The zero-order valence-electron chi connectivity index (χ0n) is 7.24. The van der Waals surface area contributed by atoms with Crippen LogP contribution in [0.5, 0.6) is 0 Å². The number of anilines is 1. The van der Waals surface area contributed by atoms with E-state index in [1.807, 2.05) is 18.3 Å². The first kappa shape index (κ1) is 8.97. The minimum absolute atomic E-state index is 0.800. The Balaban J connectivity index is 2.14. The molecule has 4 heteroatoms. The average Bonchev–Trinajstić information content (AvgIpc) is 2.19. The van der Waals surface area contributed by atoms with Gasteiger partial charge < -0.3 is 9.64 Å². The molecule has 0 N–H and O–H groups in total. The maximum absolute atomic E-state index is 5.27. The van der Waals surface area contributed by atoms with E-state index in [1.165, 1.54) is 0 Å². The Kier molecular flexibility index (Phi) is 2.80. The van der Waals surface area contributed by atoms with Crippen LogP contribution in [0.25, 0.3) is 0 Å². The molecule has 2 heterocycles. The molecule has 0 unspecified atom stereocenters. The lowest BCUT2D eigenvalue weighted by atomic mass is 10.4. The van der Waals surface area contributed by atoms with E-state index in [1.54, 1.807) is 0 Å². The molecule has 1 saturated heterocycles. The summed E-state index contributed by atoms with van der Waals surface area (Å²) in [5, 5.41) is 0. The van der Waals surface area contributed by atoms with Crippen LogP contribution in [0.1, 0.15) is 0 Å². The van der Waals surface area contributed by atoms with E-state index in [9.17, 15) is 0 Å². The van der Waals surface area contributed by atoms with Crippen LogP contribution in [0.15, 0.2) is 22.8 Å². The zero-order chi connectivity index (χ0) is 9.10. The largest absolute Gasteiger partial charge is 0.378 e. The van der Waals surface area contributed by atoms with Crippen molar-refractivity contribution in [1.29, 1.82) is 0 Å². The molecule has 0 radical (unpaired) electrons. The van der Waals surface area contributed by atoms with Crippen molar-refractivity contribution in [2.75, 3.05) is 31.2 Å². The molecule has 13 heavy (non-hydrogen) atoms. The Hall–Kier alpha value is -0.610. The fourth-order valence-corrected chi connectivity index (χ4v) is 1.68. The molecule has 0 atom stereocenters. The number of aromatic nitrogens is 1. The minimum Gasteiger partial charge on any atom is -0.378 e.